The molecule has 9 heteroatoms. The van der Waals surface area contributed by atoms with Crippen LogP contribution in [-0.2, 0) is 0 Å². The average Bonchev–Trinajstić information content (AvgIpc) is 3.43. The minimum Gasteiger partial charge on any atom is -0.497 e. The lowest BCUT2D eigenvalue weighted by Gasteiger charge is -2.12. The number of carbonyl (C=O) groups excluding carboxylic acids is 1. The Kier molecular flexibility index (Phi) is 6.51. The summed E-state index contributed by atoms with van der Waals surface area (Å²) in [4.78, 5) is 18.3. The van der Waals surface area contributed by atoms with Crippen molar-refractivity contribution in [1.82, 2.24) is 19.2 Å². The van der Waals surface area contributed by atoms with E-state index in [2.05, 4.69) is 15.7 Å². The quantitative estimate of drug-likeness (QED) is 0.295. The molecule has 5 aromatic rings. The third-order valence-electron chi connectivity index (χ3n) is 6.03. The highest BCUT2D eigenvalue weighted by atomic mass is 16.5. The van der Waals surface area contributed by atoms with Crippen LogP contribution in [0.3, 0.4) is 0 Å². The molecule has 2 N–H and O–H groups in total. The van der Waals surface area contributed by atoms with Crippen molar-refractivity contribution in [2.45, 2.75) is 20.8 Å². The van der Waals surface area contributed by atoms with Gasteiger partial charge < -0.3 is 9.47 Å². The SMILES string of the molecule is CCOc1nn(-c2ccccc2)c(NC(=O)Nc2c(-c3ccc(OC)cc3)nc3c(C)cccn23)c1C. The number of benzene rings is 2. The Labute approximate surface area is 214 Å². The zero-order valence-electron chi connectivity index (χ0n) is 21.1. The molecule has 0 unspecified atom stereocenters. The van der Waals surface area contributed by atoms with Gasteiger partial charge in [0.2, 0.25) is 5.88 Å². The molecule has 2 aromatic carbocycles. The third kappa shape index (κ3) is 4.58. The molecular weight excluding hydrogens is 468 g/mol. The topological polar surface area (TPSA) is 94.7 Å². The second-order valence-electron chi connectivity index (χ2n) is 8.46. The summed E-state index contributed by atoms with van der Waals surface area (Å²) in [6, 6.07) is 20.6. The van der Waals surface area contributed by atoms with Gasteiger partial charge in [0.05, 0.1) is 25.0 Å². The Bertz CT molecular complexity index is 1550. The lowest BCUT2D eigenvalue weighted by atomic mass is 10.1. The number of carbonyl (C=O) groups is 1. The number of pyridine rings is 1. The van der Waals surface area contributed by atoms with Crippen LogP contribution in [0.1, 0.15) is 18.1 Å². The third-order valence-corrected chi connectivity index (χ3v) is 6.03. The van der Waals surface area contributed by atoms with E-state index in [0.717, 1.165) is 33.8 Å². The minimum atomic E-state index is -0.429. The summed E-state index contributed by atoms with van der Waals surface area (Å²) in [5, 5.41) is 10.6. The molecule has 0 radical (unpaired) electrons. The van der Waals surface area contributed by atoms with Gasteiger partial charge in [-0.3, -0.25) is 15.0 Å². The van der Waals surface area contributed by atoms with E-state index in [1.54, 1.807) is 11.8 Å². The highest BCUT2D eigenvalue weighted by Crippen LogP contribution is 2.32. The molecule has 3 heterocycles. The van der Waals surface area contributed by atoms with Crippen molar-refractivity contribution < 1.29 is 14.3 Å². The molecule has 0 saturated heterocycles. The second-order valence-corrected chi connectivity index (χ2v) is 8.46. The Morgan fingerprint density at radius 2 is 1.68 bits per heavy atom. The van der Waals surface area contributed by atoms with Crippen molar-refractivity contribution in [3.8, 4) is 28.6 Å². The van der Waals surface area contributed by atoms with E-state index in [-0.39, 0.29) is 0 Å². The van der Waals surface area contributed by atoms with Gasteiger partial charge in [-0.1, -0.05) is 24.3 Å². The van der Waals surface area contributed by atoms with Crippen molar-refractivity contribution in [1.29, 1.82) is 0 Å². The maximum atomic E-state index is 13.4. The zero-order valence-corrected chi connectivity index (χ0v) is 21.1. The number of para-hydroxylation sites is 1. The monoisotopic (exact) mass is 496 g/mol. The summed E-state index contributed by atoms with van der Waals surface area (Å²) in [5.41, 5.74) is 4.78. The normalized spacial score (nSPS) is 10.9. The van der Waals surface area contributed by atoms with Crippen LogP contribution in [0.2, 0.25) is 0 Å². The maximum absolute atomic E-state index is 13.4. The Balaban J connectivity index is 1.53. The lowest BCUT2D eigenvalue weighted by molar-refractivity contribution is 0.262. The number of nitrogens with one attached hydrogen (secondary N) is 2. The van der Waals surface area contributed by atoms with Crippen LogP contribution in [0.5, 0.6) is 11.6 Å². The van der Waals surface area contributed by atoms with Crippen molar-refractivity contribution in [2.24, 2.45) is 0 Å². The number of hydrogen-bond acceptors (Lipinski definition) is 5. The Morgan fingerprint density at radius 3 is 2.38 bits per heavy atom. The van der Waals surface area contributed by atoms with Gasteiger partial charge >= 0.3 is 6.03 Å². The minimum absolute atomic E-state index is 0.429. The van der Waals surface area contributed by atoms with E-state index in [4.69, 9.17) is 14.5 Å². The van der Waals surface area contributed by atoms with Gasteiger partial charge in [0.25, 0.3) is 0 Å². The van der Waals surface area contributed by atoms with Crippen LogP contribution < -0.4 is 20.1 Å². The predicted molar refractivity (Wildman–Crippen MR) is 144 cm³/mol. The van der Waals surface area contributed by atoms with E-state index >= 15 is 0 Å². The summed E-state index contributed by atoms with van der Waals surface area (Å²) in [6.45, 7) is 6.22. The van der Waals surface area contributed by atoms with E-state index in [9.17, 15) is 4.79 Å². The second kappa shape index (κ2) is 10.1. The fourth-order valence-electron chi connectivity index (χ4n) is 4.17. The summed E-state index contributed by atoms with van der Waals surface area (Å²) in [6.07, 6.45) is 1.88. The van der Waals surface area contributed by atoms with Crippen molar-refractivity contribution in [2.75, 3.05) is 24.4 Å². The predicted octanol–water partition coefficient (Wildman–Crippen LogP) is 5.86. The summed E-state index contributed by atoms with van der Waals surface area (Å²) in [7, 11) is 1.62. The standard InChI is InChI=1S/C28H28N6O3/c1-5-37-27-19(3)25(34(32-27)21-11-7-6-8-12-21)30-28(35)31-26-23(20-13-15-22(36-4)16-14-20)29-24-18(2)10-9-17-33(24)26/h6-17H,5H2,1-4H3,(H2,30,31,35). The van der Waals surface area contributed by atoms with Crippen LogP contribution in [0.15, 0.2) is 72.9 Å². The van der Waals surface area contributed by atoms with Gasteiger partial charge in [-0.2, -0.15) is 0 Å². The number of rotatable bonds is 7. The number of fused-ring (bicyclic) bond motifs is 1. The molecule has 2 amide bonds. The molecule has 0 saturated carbocycles. The number of aryl methyl sites for hydroxylation is 1. The maximum Gasteiger partial charge on any atom is 0.326 e. The first-order chi connectivity index (χ1) is 18.0. The van der Waals surface area contributed by atoms with Gasteiger partial charge in [-0.05, 0) is 68.8 Å². The number of urea groups is 1. The molecule has 188 valence electrons. The fourth-order valence-corrected chi connectivity index (χ4v) is 4.17. The van der Waals surface area contributed by atoms with E-state index < -0.39 is 6.03 Å². The number of imidazole rings is 1. The Morgan fingerprint density at radius 1 is 0.946 bits per heavy atom. The summed E-state index contributed by atoms with van der Waals surface area (Å²) < 4.78 is 14.6. The van der Waals surface area contributed by atoms with Gasteiger partial charge in [0.15, 0.2) is 0 Å². The van der Waals surface area contributed by atoms with Crippen molar-refractivity contribution >= 4 is 23.3 Å². The molecule has 0 aliphatic rings. The van der Waals surface area contributed by atoms with Crippen LogP contribution >= 0.6 is 0 Å². The molecule has 0 fully saturated rings. The number of methoxy groups -OCH3 is 1. The number of nitrogens with zero attached hydrogens (tertiary/aromatic N) is 4. The molecule has 9 nitrogen and oxygen atoms in total. The molecule has 0 atom stereocenters. The first-order valence-electron chi connectivity index (χ1n) is 12.0. The molecule has 5 rings (SSSR count). The largest absolute Gasteiger partial charge is 0.497 e. The molecule has 3 aromatic heterocycles. The first kappa shape index (κ1) is 23.9. The van der Waals surface area contributed by atoms with Crippen LogP contribution in [-0.4, -0.2) is 38.9 Å². The van der Waals surface area contributed by atoms with Gasteiger partial charge in [-0.15, -0.1) is 5.10 Å². The Hall–Kier alpha value is -4.79. The average molecular weight is 497 g/mol. The smallest absolute Gasteiger partial charge is 0.326 e. The first-order valence-corrected chi connectivity index (χ1v) is 12.0. The van der Waals surface area contributed by atoms with Gasteiger partial charge in [0.1, 0.15) is 28.7 Å². The van der Waals surface area contributed by atoms with E-state index in [0.29, 0.717) is 29.8 Å². The number of amides is 2. The molecule has 37 heavy (non-hydrogen) atoms. The molecule has 0 aliphatic heterocycles. The number of aromatic nitrogens is 4. The molecule has 0 aliphatic carbocycles. The van der Waals surface area contributed by atoms with E-state index in [1.165, 1.54) is 0 Å². The van der Waals surface area contributed by atoms with Crippen LogP contribution in [0.25, 0.3) is 22.6 Å². The summed E-state index contributed by atoms with van der Waals surface area (Å²) in [5.74, 6) is 2.27. The number of ether oxygens (including phenoxy) is 2. The van der Waals surface area contributed by atoms with Crippen molar-refractivity contribution in [3.05, 3.63) is 84.1 Å². The highest BCUT2D eigenvalue weighted by molar-refractivity contribution is 6.02. The summed E-state index contributed by atoms with van der Waals surface area (Å²) >= 11 is 0. The fraction of sp³-hybridized carbons (Fsp3) is 0.179. The number of anilines is 2. The van der Waals surface area contributed by atoms with Crippen LogP contribution in [0.4, 0.5) is 16.4 Å². The molecule has 0 bridgehead atoms. The van der Waals surface area contributed by atoms with Crippen molar-refractivity contribution in [3.63, 3.8) is 0 Å². The number of hydrogen-bond donors (Lipinski definition) is 2. The van der Waals surface area contributed by atoms with Gasteiger partial charge in [0, 0.05) is 11.8 Å². The van der Waals surface area contributed by atoms with Gasteiger partial charge in [-0.25, -0.2) is 14.5 Å². The van der Waals surface area contributed by atoms with Crippen LogP contribution in [0, 0.1) is 13.8 Å². The molecule has 0 spiro atoms. The zero-order chi connectivity index (χ0) is 25.9. The van der Waals surface area contributed by atoms with E-state index in [1.807, 2.05) is 98.1 Å². The lowest BCUT2D eigenvalue weighted by Crippen LogP contribution is -2.23. The molecular formula is C28H28N6O3. The highest BCUT2D eigenvalue weighted by Gasteiger charge is 2.22.